The van der Waals surface area contributed by atoms with Crippen LogP contribution in [0.5, 0.6) is 0 Å². The van der Waals surface area contributed by atoms with E-state index in [2.05, 4.69) is 21.3 Å². The van der Waals surface area contributed by atoms with E-state index >= 15 is 0 Å². The second kappa shape index (κ2) is 6.43. The third kappa shape index (κ3) is 3.42. The van der Waals surface area contributed by atoms with Gasteiger partial charge in [-0.25, -0.2) is 0 Å². The number of hydrogen-bond donors (Lipinski definition) is 2. The summed E-state index contributed by atoms with van der Waals surface area (Å²) in [7, 11) is 2.01. The molecule has 0 radical (unpaired) electrons. The molecular formula is C16H21N3O2. The van der Waals surface area contributed by atoms with E-state index in [1.165, 1.54) is 6.92 Å². The van der Waals surface area contributed by atoms with Crippen molar-refractivity contribution in [1.29, 1.82) is 0 Å². The van der Waals surface area contributed by atoms with Crippen molar-refractivity contribution in [3.05, 3.63) is 35.5 Å². The number of nitrogens with one attached hydrogen (secondary N) is 2. The van der Waals surface area contributed by atoms with E-state index in [4.69, 9.17) is 0 Å². The van der Waals surface area contributed by atoms with Crippen molar-refractivity contribution < 1.29 is 9.59 Å². The van der Waals surface area contributed by atoms with E-state index in [1.54, 1.807) is 0 Å². The Balaban J connectivity index is 2.04. The fraction of sp³-hybridized carbons (Fsp3) is 0.375. The standard InChI is InChI=1S/C16H21N3O2/c1-11-14(10-16(21)18-9-8-17-12(2)20)13-6-4-5-7-15(13)19(11)3/h4-7H,8-10H2,1-3H3,(H,17,20)(H,18,21). The molecule has 21 heavy (non-hydrogen) atoms. The lowest BCUT2D eigenvalue weighted by Crippen LogP contribution is -2.34. The molecule has 0 saturated carbocycles. The van der Waals surface area contributed by atoms with E-state index in [-0.39, 0.29) is 11.8 Å². The van der Waals surface area contributed by atoms with Gasteiger partial charge >= 0.3 is 0 Å². The maximum atomic E-state index is 12.0. The molecule has 1 aromatic heterocycles. The summed E-state index contributed by atoms with van der Waals surface area (Å²) >= 11 is 0. The molecule has 5 nitrogen and oxygen atoms in total. The number of nitrogens with zero attached hydrogens (tertiary/aromatic N) is 1. The van der Waals surface area contributed by atoms with Gasteiger partial charge in [0.05, 0.1) is 6.42 Å². The van der Waals surface area contributed by atoms with E-state index < -0.39 is 0 Å². The lowest BCUT2D eigenvalue weighted by atomic mass is 10.1. The van der Waals surface area contributed by atoms with Crippen LogP contribution in [0.15, 0.2) is 24.3 Å². The van der Waals surface area contributed by atoms with Crippen LogP contribution >= 0.6 is 0 Å². The van der Waals surface area contributed by atoms with Crippen LogP contribution < -0.4 is 10.6 Å². The molecular weight excluding hydrogens is 266 g/mol. The van der Waals surface area contributed by atoms with Gasteiger partial charge in [0.15, 0.2) is 0 Å². The van der Waals surface area contributed by atoms with Gasteiger partial charge in [-0.1, -0.05) is 18.2 Å². The number of para-hydroxylation sites is 1. The van der Waals surface area contributed by atoms with E-state index in [0.717, 1.165) is 22.2 Å². The number of carbonyl (C=O) groups excluding carboxylic acids is 2. The monoisotopic (exact) mass is 287 g/mol. The maximum Gasteiger partial charge on any atom is 0.224 e. The zero-order valence-electron chi connectivity index (χ0n) is 12.7. The summed E-state index contributed by atoms with van der Waals surface area (Å²) in [5, 5.41) is 6.60. The Morgan fingerprint density at radius 3 is 2.52 bits per heavy atom. The Kier molecular flexibility index (Phi) is 4.62. The minimum Gasteiger partial charge on any atom is -0.355 e. The summed E-state index contributed by atoms with van der Waals surface area (Å²) in [6.45, 7) is 4.39. The molecule has 0 fully saturated rings. The van der Waals surface area contributed by atoms with Gasteiger partial charge in [0.2, 0.25) is 11.8 Å². The second-order valence-corrected chi connectivity index (χ2v) is 5.15. The first-order valence-corrected chi connectivity index (χ1v) is 7.04. The lowest BCUT2D eigenvalue weighted by Gasteiger charge is -2.06. The topological polar surface area (TPSA) is 63.1 Å². The summed E-state index contributed by atoms with van der Waals surface area (Å²) in [5.41, 5.74) is 3.30. The molecule has 0 saturated heterocycles. The maximum absolute atomic E-state index is 12.0. The van der Waals surface area contributed by atoms with Crippen LogP contribution in [0.2, 0.25) is 0 Å². The SMILES string of the molecule is CC(=O)NCCNC(=O)Cc1c(C)n(C)c2ccccc12. The molecule has 2 amide bonds. The molecule has 0 unspecified atom stereocenters. The first kappa shape index (κ1) is 15.1. The third-order valence-corrected chi connectivity index (χ3v) is 3.69. The van der Waals surface area contributed by atoms with Crippen LogP contribution in [-0.4, -0.2) is 29.5 Å². The number of aryl methyl sites for hydroxylation is 1. The Bertz CT molecular complexity index is 673. The molecule has 0 aliphatic heterocycles. The van der Waals surface area contributed by atoms with Gasteiger partial charge in [-0.05, 0) is 18.6 Å². The summed E-state index contributed by atoms with van der Waals surface area (Å²) in [5.74, 6) is -0.117. The average molecular weight is 287 g/mol. The Morgan fingerprint density at radius 1 is 1.14 bits per heavy atom. The van der Waals surface area contributed by atoms with Crippen LogP contribution in [0.25, 0.3) is 10.9 Å². The Labute approximate surface area is 124 Å². The molecule has 5 heteroatoms. The number of hydrogen-bond acceptors (Lipinski definition) is 2. The fourth-order valence-electron chi connectivity index (χ4n) is 2.49. The minimum absolute atomic E-state index is 0.0280. The van der Waals surface area contributed by atoms with Crippen LogP contribution in [0.4, 0.5) is 0 Å². The minimum atomic E-state index is -0.0888. The number of amides is 2. The molecule has 1 aromatic carbocycles. The molecule has 0 atom stereocenters. The summed E-state index contributed by atoms with van der Waals surface area (Å²) in [4.78, 5) is 22.8. The highest BCUT2D eigenvalue weighted by Gasteiger charge is 2.14. The van der Waals surface area contributed by atoms with Crippen molar-refractivity contribution >= 4 is 22.7 Å². The molecule has 0 aliphatic carbocycles. The quantitative estimate of drug-likeness (QED) is 0.814. The normalized spacial score (nSPS) is 10.6. The van der Waals surface area contributed by atoms with Crippen LogP contribution in [0.1, 0.15) is 18.2 Å². The molecule has 0 bridgehead atoms. The number of aromatic nitrogens is 1. The van der Waals surface area contributed by atoms with Crippen molar-refractivity contribution in [2.24, 2.45) is 7.05 Å². The average Bonchev–Trinajstić information content (AvgIpc) is 2.69. The van der Waals surface area contributed by atoms with Gasteiger partial charge in [0, 0.05) is 43.7 Å². The van der Waals surface area contributed by atoms with Crippen LogP contribution in [0.3, 0.4) is 0 Å². The predicted molar refractivity (Wildman–Crippen MR) is 83.1 cm³/mol. The highest BCUT2D eigenvalue weighted by molar-refractivity contribution is 5.90. The van der Waals surface area contributed by atoms with Crippen LogP contribution in [-0.2, 0) is 23.1 Å². The van der Waals surface area contributed by atoms with Crippen molar-refractivity contribution in [3.63, 3.8) is 0 Å². The van der Waals surface area contributed by atoms with E-state index in [9.17, 15) is 9.59 Å². The molecule has 2 aromatic rings. The summed E-state index contributed by atoms with van der Waals surface area (Å²) < 4.78 is 2.11. The molecule has 2 N–H and O–H groups in total. The Hall–Kier alpha value is -2.30. The molecule has 2 rings (SSSR count). The van der Waals surface area contributed by atoms with Gasteiger partial charge in [-0.15, -0.1) is 0 Å². The van der Waals surface area contributed by atoms with Crippen LogP contribution in [0, 0.1) is 6.92 Å². The summed E-state index contributed by atoms with van der Waals surface area (Å²) in [6.07, 6.45) is 0.354. The number of rotatable bonds is 5. The van der Waals surface area contributed by atoms with Gasteiger partial charge < -0.3 is 15.2 Å². The largest absolute Gasteiger partial charge is 0.355 e. The van der Waals surface area contributed by atoms with Crippen molar-refractivity contribution in [2.75, 3.05) is 13.1 Å². The van der Waals surface area contributed by atoms with Gasteiger partial charge in [-0.2, -0.15) is 0 Å². The van der Waals surface area contributed by atoms with E-state index in [0.29, 0.717) is 19.5 Å². The zero-order valence-corrected chi connectivity index (χ0v) is 12.7. The first-order chi connectivity index (χ1) is 10.0. The highest BCUT2D eigenvalue weighted by atomic mass is 16.2. The molecule has 1 heterocycles. The smallest absolute Gasteiger partial charge is 0.224 e. The van der Waals surface area contributed by atoms with Gasteiger partial charge in [-0.3, -0.25) is 9.59 Å². The predicted octanol–water partition coefficient (Wildman–Crippen LogP) is 1.28. The number of benzene rings is 1. The highest BCUT2D eigenvalue weighted by Crippen LogP contribution is 2.24. The molecule has 112 valence electrons. The van der Waals surface area contributed by atoms with Gasteiger partial charge in [0.1, 0.15) is 0 Å². The molecule has 0 spiro atoms. The Morgan fingerprint density at radius 2 is 1.81 bits per heavy atom. The first-order valence-electron chi connectivity index (χ1n) is 7.04. The number of fused-ring (bicyclic) bond motifs is 1. The molecule has 0 aliphatic rings. The van der Waals surface area contributed by atoms with Gasteiger partial charge in [0.25, 0.3) is 0 Å². The number of carbonyl (C=O) groups is 2. The second-order valence-electron chi connectivity index (χ2n) is 5.15. The van der Waals surface area contributed by atoms with E-state index in [1.807, 2.05) is 32.2 Å². The van der Waals surface area contributed by atoms with Crippen molar-refractivity contribution in [2.45, 2.75) is 20.3 Å². The fourth-order valence-corrected chi connectivity index (χ4v) is 2.49. The lowest BCUT2D eigenvalue weighted by molar-refractivity contribution is -0.121. The summed E-state index contributed by atoms with van der Waals surface area (Å²) in [6, 6.07) is 8.09. The third-order valence-electron chi connectivity index (χ3n) is 3.69. The van der Waals surface area contributed by atoms with Crippen molar-refractivity contribution in [3.8, 4) is 0 Å². The zero-order chi connectivity index (χ0) is 15.4. The van der Waals surface area contributed by atoms with Crippen molar-refractivity contribution in [1.82, 2.24) is 15.2 Å².